The quantitative estimate of drug-likeness (QED) is 0.478. The van der Waals surface area contributed by atoms with E-state index in [0.717, 1.165) is 24.9 Å². The van der Waals surface area contributed by atoms with Gasteiger partial charge in [0.2, 0.25) is 0 Å². The Balaban J connectivity index is 0.00000180. The standard InChI is InChI=1S/C12H22N6.HI/c1-12(2)5-6-18(8-12)11(13-3)14-7-10-16-15-9-17(10)4;/h9H,5-8H2,1-4H3,(H,13,14);1H. The zero-order valence-corrected chi connectivity index (χ0v) is 14.4. The van der Waals surface area contributed by atoms with Crippen LogP contribution in [0.3, 0.4) is 0 Å². The molecule has 7 heteroatoms. The van der Waals surface area contributed by atoms with E-state index in [-0.39, 0.29) is 24.0 Å². The predicted molar refractivity (Wildman–Crippen MR) is 86.6 cm³/mol. The maximum absolute atomic E-state index is 4.34. The van der Waals surface area contributed by atoms with Crippen LogP contribution in [0.25, 0.3) is 0 Å². The molecule has 0 aromatic carbocycles. The Bertz CT molecular complexity index is 439. The van der Waals surface area contributed by atoms with Crippen molar-refractivity contribution in [2.45, 2.75) is 26.8 Å². The van der Waals surface area contributed by atoms with Gasteiger partial charge in [0.1, 0.15) is 6.33 Å². The summed E-state index contributed by atoms with van der Waals surface area (Å²) in [5, 5.41) is 11.3. The van der Waals surface area contributed by atoms with E-state index in [1.54, 1.807) is 6.33 Å². The van der Waals surface area contributed by atoms with Crippen LogP contribution in [0.15, 0.2) is 11.3 Å². The number of halogens is 1. The molecule has 1 saturated heterocycles. The summed E-state index contributed by atoms with van der Waals surface area (Å²) in [6.07, 6.45) is 2.91. The van der Waals surface area contributed by atoms with Crippen LogP contribution in [-0.4, -0.2) is 45.8 Å². The van der Waals surface area contributed by atoms with E-state index in [1.807, 2.05) is 18.7 Å². The van der Waals surface area contributed by atoms with Gasteiger partial charge < -0.3 is 14.8 Å². The molecular formula is C12H23IN6. The topological polar surface area (TPSA) is 58.3 Å². The number of hydrogen-bond donors (Lipinski definition) is 1. The Kier molecular flexibility index (Phi) is 5.57. The molecule has 1 aromatic rings. The molecule has 1 fully saturated rings. The van der Waals surface area contributed by atoms with Gasteiger partial charge in [-0.1, -0.05) is 13.8 Å². The fourth-order valence-electron chi connectivity index (χ4n) is 2.25. The Morgan fingerprint density at radius 3 is 2.74 bits per heavy atom. The van der Waals surface area contributed by atoms with Crippen molar-refractivity contribution in [1.29, 1.82) is 0 Å². The molecule has 0 spiro atoms. The van der Waals surface area contributed by atoms with Crippen LogP contribution in [0.4, 0.5) is 0 Å². The maximum atomic E-state index is 4.34. The molecule has 0 atom stereocenters. The monoisotopic (exact) mass is 378 g/mol. The third kappa shape index (κ3) is 4.05. The Morgan fingerprint density at radius 2 is 2.26 bits per heavy atom. The van der Waals surface area contributed by atoms with E-state index >= 15 is 0 Å². The Hall–Kier alpha value is -0.860. The molecule has 2 heterocycles. The summed E-state index contributed by atoms with van der Waals surface area (Å²) in [7, 11) is 3.77. The number of likely N-dealkylation sites (tertiary alicyclic amines) is 1. The van der Waals surface area contributed by atoms with E-state index in [0.29, 0.717) is 12.0 Å². The second-order valence-electron chi connectivity index (χ2n) is 5.59. The highest BCUT2D eigenvalue weighted by Gasteiger charge is 2.30. The summed E-state index contributed by atoms with van der Waals surface area (Å²) in [6.45, 7) is 7.35. The Labute approximate surface area is 131 Å². The minimum atomic E-state index is 0. The average molecular weight is 378 g/mol. The summed E-state index contributed by atoms with van der Waals surface area (Å²) < 4.78 is 1.91. The number of aliphatic imine (C=N–C) groups is 1. The second-order valence-corrected chi connectivity index (χ2v) is 5.59. The van der Waals surface area contributed by atoms with Crippen molar-refractivity contribution in [2.24, 2.45) is 17.5 Å². The number of nitrogens with one attached hydrogen (secondary N) is 1. The first-order valence-electron chi connectivity index (χ1n) is 6.30. The van der Waals surface area contributed by atoms with Crippen LogP contribution in [0.2, 0.25) is 0 Å². The van der Waals surface area contributed by atoms with Gasteiger partial charge in [0, 0.05) is 27.2 Å². The number of hydrogen-bond acceptors (Lipinski definition) is 3. The van der Waals surface area contributed by atoms with Crippen LogP contribution < -0.4 is 5.32 Å². The van der Waals surface area contributed by atoms with Gasteiger partial charge >= 0.3 is 0 Å². The van der Waals surface area contributed by atoms with Crippen LogP contribution in [0.1, 0.15) is 26.1 Å². The first-order valence-corrected chi connectivity index (χ1v) is 6.30. The lowest BCUT2D eigenvalue weighted by molar-refractivity contribution is 0.370. The fraction of sp³-hybridized carbons (Fsp3) is 0.750. The van der Waals surface area contributed by atoms with Crippen LogP contribution in [-0.2, 0) is 13.6 Å². The van der Waals surface area contributed by atoms with Crippen molar-refractivity contribution in [1.82, 2.24) is 25.0 Å². The molecule has 0 aliphatic carbocycles. The molecule has 0 bridgehead atoms. The zero-order chi connectivity index (χ0) is 13.2. The highest BCUT2D eigenvalue weighted by atomic mass is 127. The van der Waals surface area contributed by atoms with Gasteiger partial charge in [-0.25, -0.2) is 0 Å². The number of rotatable bonds is 2. The zero-order valence-electron chi connectivity index (χ0n) is 12.1. The lowest BCUT2D eigenvalue weighted by Crippen LogP contribution is -2.40. The van der Waals surface area contributed by atoms with Crippen molar-refractivity contribution >= 4 is 29.9 Å². The van der Waals surface area contributed by atoms with Crippen molar-refractivity contribution < 1.29 is 0 Å². The molecule has 1 aliphatic heterocycles. The molecule has 0 saturated carbocycles. The molecular weight excluding hydrogens is 355 g/mol. The maximum Gasteiger partial charge on any atom is 0.194 e. The van der Waals surface area contributed by atoms with E-state index < -0.39 is 0 Å². The van der Waals surface area contributed by atoms with Gasteiger partial charge in [-0.05, 0) is 11.8 Å². The smallest absolute Gasteiger partial charge is 0.194 e. The SMILES string of the molecule is CN=C(NCc1nncn1C)N1CCC(C)(C)C1.I. The molecule has 0 radical (unpaired) electrons. The number of aromatic nitrogens is 3. The summed E-state index contributed by atoms with van der Waals surface area (Å²) >= 11 is 0. The van der Waals surface area contributed by atoms with E-state index in [2.05, 4.69) is 39.3 Å². The molecule has 1 N–H and O–H groups in total. The van der Waals surface area contributed by atoms with Gasteiger partial charge in [0.05, 0.1) is 6.54 Å². The summed E-state index contributed by atoms with van der Waals surface area (Å²) in [5.41, 5.74) is 0.377. The largest absolute Gasteiger partial charge is 0.349 e. The lowest BCUT2D eigenvalue weighted by atomic mass is 9.93. The Morgan fingerprint density at radius 1 is 1.53 bits per heavy atom. The third-order valence-electron chi connectivity index (χ3n) is 3.40. The molecule has 108 valence electrons. The van der Waals surface area contributed by atoms with E-state index in [9.17, 15) is 0 Å². The first-order chi connectivity index (χ1) is 8.52. The second kappa shape index (κ2) is 6.53. The van der Waals surface area contributed by atoms with E-state index in [1.165, 1.54) is 6.42 Å². The van der Waals surface area contributed by atoms with Crippen molar-refractivity contribution in [3.05, 3.63) is 12.2 Å². The van der Waals surface area contributed by atoms with Crippen LogP contribution in [0.5, 0.6) is 0 Å². The fourth-order valence-corrected chi connectivity index (χ4v) is 2.25. The van der Waals surface area contributed by atoms with Gasteiger partial charge in [-0.15, -0.1) is 34.2 Å². The summed E-state index contributed by atoms with van der Waals surface area (Å²) in [6, 6.07) is 0. The normalized spacial score (nSPS) is 18.3. The molecule has 0 unspecified atom stereocenters. The van der Waals surface area contributed by atoms with Crippen LogP contribution >= 0.6 is 24.0 Å². The lowest BCUT2D eigenvalue weighted by Gasteiger charge is -2.23. The molecule has 19 heavy (non-hydrogen) atoms. The van der Waals surface area contributed by atoms with Gasteiger partial charge in [0.15, 0.2) is 11.8 Å². The van der Waals surface area contributed by atoms with Gasteiger partial charge in [0.25, 0.3) is 0 Å². The number of nitrogens with zero attached hydrogens (tertiary/aromatic N) is 5. The average Bonchev–Trinajstić information content (AvgIpc) is 2.87. The van der Waals surface area contributed by atoms with E-state index in [4.69, 9.17) is 0 Å². The van der Waals surface area contributed by atoms with Crippen molar-refractivity contribution in [3.63, 3.8) is 0 Å². The number of aryl methyl sites for hydroxylation is 1. The minimum absolute atomic E-state index is 0. The third-order valence-corrected chi connectivity index (χ3v) is 3.40. The summed E-state index contributed by atoms with van der Waals surface area (Å²) in [5.74, 6) is 1.86. The predicted octanol–water partition coefficient (Wildman–Crippen LogP) is 1.24. The minimum Gasteiger partial charge on any atom is -0.349 e. The molecule has 1 aliphatic rings. The first kappa shape index (κ1) is 16.2. The van der Waals surface area contributed by atoms with Crippen molar-refractivity contribution in [2.75, 3.05) is 20.1 Å². The van der Waals surface area contributed by atoms with Gasteiger partial charge in [-0.2, -0.15) is 0 Å². The highest BCUT2D eigenvalue weighted by molar-refractivity contribution is 14.0. The van der Waals surface area contributed by atoms with Crippen molar-refractivity contribution in [3.8, 4) is 0 Å². The molecule has 2 rings (SSSR count). The molecule has 1 aromatic heterocycles. The van der Waals surface area contributed by atoms with Crippen LogP contribution in [0, 0.1) is 5.41 Å². The summed E-state index contributed by atoms with van der Waals surface area (Å²) in [4.78, 5) is 6.64. The number of guanidine groups is 1. The van der Waals surface area contributed by atoms with Gasteiger partial charge in [-0.3, -0.25) is 4.99 Å². The highest BCUT2D eigenvalue weighted by Crippen LogP contribution is 2.28. The molecule has 6 nitrogen and oxygen atoms in total. The molecule has 0 amide bonds.